The number of phosphoric acid groups is 1. The molecule has 11 heteroatoms. The Labute approximate surface area is 335 Å². The van der Waals surface area contributed by atoms with Crippen molar-refractivity contribution in [3.63, 3.8) is 0 Å². The normalized spacial score (nSPS) is 14.8. The van der Waals surface area contributed by atoms with Crippen molar-refractivity contribution >= 4 is 19.8 Å². The second-order valence-electron chi connectivity index (χ2n) is 15.2. The zero-order valence-corrected chi connectivity index (χ0v) is 36.1. The van der Waals surface area contributed by atoms with Gasteiger partial charge in [0.05, 0.1) is 33.9 Å². The molecule has 0 aliphatic heterocycles. The van der Waals surface area contributed by atoms with Gasteiger partial charge in [-0.2, -0.15) is 0 Å². The van der Waals surface area contributed by atoms with Gasteiger partial charge in [-0.1, -0.05) is 132 Å². The highest BCUT2D eigenvalue weighted by Crippen LogP contribution is 2.38. The summed E-state index contributed by atoms with van der Waals surface area (Å²) in [6.45, 7) is 3.97. The lowest BCUT2D eigenvalue weighted by atomic mass is 10.1. The smallest absolute Gasteiger partial charge is 0.306 e. The minimum atomic E-state index is -4.65. The minimum Gasteiger partial charge on any atom is -0.756 e. The predicted molar refractivity (Wildman–Crippen MR) is 223 cm³/mol. The first kappa shape index (κ1) is 52.7. The molecule has 0 rings (SSSR count). The topological polar surface area (TPSA) is 131 Å². The number of nitrogens with zero attached hydrogens (tertiary/aromatic N) is 1. The second-order valence-corrected chi connectivity index (χ2v) is 16.6. The fourth-order valence-electron chi connectivity index (χ4n) is 5.22. The summed E-state index contributed by atoms with van der Waals surface area (Å²) in [5.74, 6) is -0.943. The van der Waals surface area contributed by atoms with E-state index in [1.807, 2.05) is 57.6 Å². The highest BCUT2D eigenvalue weighted by molar-refractivity contribution is 7.45. The third-order valence-electron chi connectivity index (χ3n) is 8.61. The maximum Gasteiger partial charge on any atom is 0.306 e. The highest BCUT2D eigenvalue weighted by atomic mass is 31.2. The van der Waals surface area contributed by atoms with Gasteiger partial charge in [0.2, 0.25) is 0 Å². The lowest BCUT2D eigenvalue weighted by molar-refractivity contribution is -0.870. The van der Waals surface area contributed by atoms with Crippen LogP contribution in [0.1, 0.15) is 149 Å². The molecule has 0 fully saturated rings. The van der Waals surface area contributed by atoms with Crippen LogP contribution in [0.15, 0.2) is 60.8 Å². The van der Waals surface area contributed by atoms with Gasteiger partial charge in [-0.05, 0) is 64.2 Å². The number of allylic oxidation sites excluding steroid dienone is 9. The van der Waals surface area contributed by atoms with Crippen LogP contribution in [0, 0.1) is 0 Å². The van der Waals surface area contributed by atoms with Crippen molar-refractivity contribution in [1.29, 1.82) is 0 Å². The third kappa shape index (κ3) is 39.7. The van der Waals surface area contributed by atoms with Crippen LogP contribution in [0.5, 0.6) is 0 Å². The summed E-state index contributed by atoms with van der Waals surface area (Å²) < 4.78 is 33.7. The molecular formula is C44H78NO9P. The van der Waals surface area contributed by atoms with Crippen LogP contribution in [-0.2, 0) is 32.7 Å². The van der Waals surface area contributed by atoms with E-state index in [0.29, 0.717) is 30.3 Å². The van der Waals surface area contributed by atoms with E-state index in [1.165, 1.54) is 25.7 Å². The lowest BCUT2D eigenvalue weighted by Crippen LogP contribution is -2.37. The van der Waals surface area contributed by atoms with Crippen LogP contribution in [0.2, 0.25) is 0 Å². The minimum absolute atomic E-state index is 0.0530. The SMILES string of the molecule is CCCCCC/C=C\CCCCCCCC(=O)OC[C@H](COP(=O)([O-])OCC[N+](C)(C)C)OC(=O)CCC/C=C\C/C=C\C/C=C\C=C\[C@@H](O)CCCCC. The molecule has 0 saturated heterocycles. The van der Waals surface area contributed by atoms with E-state index < -0.39 is 32.5 Å². The molecular weight excluding hydrogens is 717 g/mol. The summed E-state index contributed by atoms with van der Waals surface area (Å²) in [4.78, 5) is 37.4. The van der Waals surface area contributed by atoms with Crippen LogP contribution in [0.3, 0.4) is 0 Å². The molecule has 0 heterocycles. The van der Waals surface area contributed by atoms with Gasteiger partial charge in [0.1, 0.15) is 19.8 Å². The highest BCUT2D eigenvalue weighted by Gasteiger charge is 2.21. The van der Waals surface area contributed by atoms with Crippen molar-refractivity contribution in [3.05, 3.63) is 60.8 Å². The van der Waals surface area contributed by atoms with Crippen LogP contribution >= 0.6 is 7.82 Å². The number of carbonyl (C=O) groups is 2. The van der Waals surface area contributed by atoms with E-state index in [4.69, 9.17) is 18.5 Å². The Hall–Kier alpha value is -2.33. The number of quaternary nitrogens is 1. The lowest BCUT2D eigenvalue weighted by Gasteiger charge is -2.28. The van der Waals surface area contributed by atoms with Crippen LogP contribution in [0.4, 0.5) is 0 Å². The zero-order chi connectivity index (χ0) is 40.9. The molecule has 0 amide bonds. The van der Waals surface area contributed by atoms with E-state index in [0.717, 1.165) is 77.0 Å². The van der Waals surface area contributed by atoms with Crippen molar-refractivity contribution in [3.8, 4) is 0 Å². The van der Waals surface area contributed by atoms with Crippen molar-refractivity contribution in [2.75, 3.05) is 47.5 Å². The number of hydrogen-bond acceptors (Lipinski definition) is 9. The fraction of sp³-hybridized carbons (Fsp3) is 0.727. The number of hydrogen-bond donors (Lipinski definition) is 1. The molecule has 1 N–H and O–H groups in total. The van der Waals surface area contributed by atoms with E-state index in [2.05, 4.69) is 38.2 Å². The van der Waals surface area contributed by atoms with Crippen molar-refractivity contribution in [1.82, 2.24) is 0 Å². The number of aliphatic hydroxyl groups excluding tert-OH is 1. The van der Waals surface area contributed by atoms with Crippen molar-refractivity contribution in [2.24, 2.45) is 0 Å². The molecule has 0 aromatic rings. The van der Waals surface area contributed by atoms with Crippen LogP contribution in [0.25, 0.3) is 0 Å². The second kappa shape index (κ2) is 36.0. The standard InChI is InChI=1S/C44H78NO9P/c1-6-8-10-11-12-13-14-15-18-21-24-27-31-35-43(47)51-39-42(40-53-55(49,50)52-38-37-45(3,4)5)54-44(48)36-32-28-25-22-19-16-17-20-23-26-30-34-41(46)33-29-9-7-2/h13-14,16-17,22-23,25-26,30,34,41-42,46H,6-12,15,18-21,24,27-29,31-33,35-40H2,1-5H3/b14-13-,17-16-,25-22-,26-23-,34-30+/t41-,42+/m0/s1. The third-order valence-corrected chi connectivity index (χ3v) is 9.58. The van der Waals surface area contributed by atoms with E-state index >= 15 is 0 Å². The molecule has 1 unspecified atom stereocenters. The van der Waals surface area contributed by atoms with Gasteiger partial charge in [0.15, 0.2) is 6.10 Å². The molecule has 0 aliphatic rings. The summed E-state index contributed by atoms with van der Waals surface area (Å²) >= 11 is 0. The van der Waals surface area contributed by atoms with Gasteiger partial charge in [-0.15, -0.1) is 0 Å². The summed E-state index contributed by atoms with van der Waals surface area (Å²) in [6, 6.07) is 0. The first-order chi connectivity index (χ1) is 26.4. The number of carbonyl (C=O) groups excluding carboxylic acids is 2. The molecule has 0 aromatic heterocycles. The van der Waals surface area contributed by atoms with Gasteiger partial charge in [-0.3, -0.25) is 14.2 Å². The van der Waals surface area contributed by atoms with Crippen molar-refractivity contribution in [2.45, 2.75) is 161 Å². The Morgan fingerprint density at radius 2 is 1.24 bits per heavy atom. The molecule has 0 aliphatic carbocycles. The molecule has 0 aromatic carbocycles. The summed E-state index contributed by atoms with van der Waals surface area (Å²) in [6.07, 6.45) is 38.6. The Bertz CT molecular complexity index is 1140. The average molecular weight is 796 g/mol. The monoisotopic (exact) mass is 796 g/mol. The average Bonchev–Trinajstić information content (AvgIpc) is 3.12. The number of ether oxygens (including phenoxy) is 2. The Kier molecular flexibility index (Phi) is 34.5. The number of unbranched alkanes of at least 4 members (excludes halogenated alkanes) is 12. The largest absolute Gasteiger partial charge is 0.756 e. The first-order valence-corrected chi connectivity index (χ1v) is 22.6. The fourth-order valence-corrected chi connectivity index (χ4v) is 5.95. The van der Waals surface area contributed by atoms with Gasteiger partial charge >= 0.3 is 11.9 Å². The molecule has 0 saturated carbocycles. The predicted octanol–water partition coefficient (Wildman–Crippen LogP) is 10.0. The number of esters is 2. The Morgan fingerprint density at radius 3 is 1.93 bits per heavy atom. The first-order valence-electron chi connectivity index (χ1n) is 21.1. The maximum atomic E-state index is 12.6. The Morgan fingerprint density at radius 1 is 0.673 bits per heavy atom. The van der Waals surface area contributed by atoms with Crippen LogP contribution < -0.4 is 4.89 Å². The van der Waals surface area contributed by atoms with Crippen LogP contribution in [-0.4, -0.2) is 81.2 Å². The molecule has 10 nitrogen and oxygen atoms in total. The molecule has 0 radical (unpaired) electrons. The number of aliphatic hydroxyl groups is 1. The summed E-state index contributed by atoms with van der Waals surface area (Å²) in [7, 11) is 1.09. The van der Waals surface area contributed by atoms with Gasteiger partial charge in [0.25, 0.3) is 7.82 Å². The molecule has 318 valence electrons. The molecule has 55 heavy (non-hydrogen) atoms. The number of likely N-dealkylation sites (N-methyl/N-ethyl adjacent to an activating group) is 1. The van der Waals surface area contributed by atoms with Gasteiger partial charge < -0.3 is 33.0 Å². The maximum absolute atomic E-state index is 12.6. The number of rotatable bonds is 37. The van der Waals surface area contributed by atoms with E-state index in [9.17, 15) is 24.2 Å². The summed E-state index contributed by atoms with van der Waals surface area (Å²) in [5.41, 5.74) is 0. The molecule has 0 spiro atoms. The van der Waals surface area contributed by atoms with E-state index in [-0.39, 0.29) is 32.2 Å². The molecule has 3 atom stereocenters. The number of phosphoric ester groups is 1. The van der Waals surface area contributed by atoms with Gasteiger partial charge in [-0.25, -0.2) is 0 Å². The van der Waals surface area contributed by atoms with E-state index in [1.54, 1.807) is 0 Å². The summed E-state index contributed by atoms with van der Waals surface area (Å²) in [5, 5.41) is 9.90. The van der Waals surface area contributed by atoms with Crippen molar-refractivity contribution < 1.29 is 47.2 Å². The molecule has 0 bridgehead atoms. The van der Waals surface area contributed by atoms with Gasteiger partial charge in [0, 0.05) is 12.8 Å². The Balaban J connectivity index is 4.56. The zero-order valence-electron chi connectivity index (χ0n) is 35.2. The quantitative estimate of drug-likeness (QED) is 0.0163.